The number of hydrogen-bond acceptors (Lipinski definition) is 2. The smallest absolute Gasteiger partial charge is 0.170 e. The number of aryl methyl sites for hydroxylation is 1. The fraction of sp³-hybridized carbons (Fsp3) is 0.154. The van der Waals surface area contributed by atoms with Gasteiger partial charge in [-0.25, -0.2) is 4.39 Å². The Morgan fingerprint density at radius 2 is 1.88 bits per heavy atom. The van der Waals surface area contributed by atoms with Crippen LogP contribution in [0.25, 0.3) is 10.4 Å². The fourth-order valence-electron chi connectivity index (χ4n) is 1.59. The number of benzene rings is 1. The molecule has 0 saturated heterocycles. The molecule has 0 amide bonds. The van der Waals surface area contributed by atoms with E-state index in [4.69, 9.17) is 0 Å². The molecule has 0 fully saturated rings. The van der Waals surface area contributed by atoms with E-state index in [-0.39, 0.29) is 11.6 Å². The average molecular weight is 234 g/mol. The van der Waals surface area contributed by atoms with Crippen LogP contribution in [0.4, 0.5) is 4.39 Å². The van der Waals surface area contributed by atoms with Crippen LogP contribution in [0.3, 0.4) is 0 Å². The maximum absolute atomic E-state index is 12.8. The Morgan fingerprint density at radius 3 is 2.38 bits per heavy atom. The standard InChI is InChI=1S/C13H11FOS/c1-8-7-12(16-13(8)9(2)15)10-3-5-11(14)6-4-10/h3-7H,1-2H3. The summed E-state index contributed by atoms with van der Waals surface area (Å²) in [5, 5.41) is 0. The molecule has 16 heavy (non-hydrogen) atoms. The fourth-order valence-corrected chi connectivity index (χ4v) is 2.66. The molecule has 0 aliphatic heterocycles. The van der Waals surface area contributed by atoms with Crippen LogP contribution in [-0.2, 0) is 0 Å². The second kappa shape index (κ2) is 4.18. The van der Waals surface area contributed by atoms with Crippen LogP contribution < -0.4 is 0 Å². The highest BCUT2D eigenvalue weighted by molar-refractivity contribution is 7.17. The maximum Gasteiger partial charge on any atom is 0.170 e. The van der Waals surface area contributed by atoms with Gasteiger partial charge in [0, 0.05) is 4.88 Å². The number of carbonyl (C=O) groups is 1. The van der Waals surface area contributed by atoms with E-state index >= 15 is 0 Å². The molecule has 1 aromatic carbocycles. The van der Waals surface area contributed by atoms with E-state index in [0.717, 1.165) is 20.9 Å². The third-order valence-corrected chi connectivity index (χ3v) is 3.75. The first-order valence-electron chi connectivity index (χ1n) is 4.95. The molecule has 3 heteroatoms. The Morgan fingerprint density at radius 1 is 1.25 bits per heavy atom. The molecule has 0 N–H and O–H groups in total. The van der Waals surface area contributed by atoms with E-state index in [1.54, 1.807) is 19.1 Å². The molecular formula is C13H11FOS. The van der Waals surface area contributed by atoms with Crippen molar-refractivity contribution in [3.63, 3.8) is 0 Å². The summed E-state index contributed by atoms with van der Waals surface area (Å²) < 4.78 is 12.8. The average Bonchev–Trinajstić information content (AvgIpc) is 2.61. The Hall–Kier alpha value is -1.48. The Bertz CT molecular complexity index is 525. The van der Waals surface area contributed by atoms with Crippen molar-refractivity contribution in [1.29, 1.82) is 0 Å². The van der Waals surface area contributed by atoms with Gasteiger partial charge >= 0.3 is 0 Å². The lowest BCUT2D eigenvalue weighted by molar-refractivity contribution is 0.102. The van der Waals surface area contributed by atoms with Crippen LogP contribution in [0.1, 0.15) is 22.2 Å². The summed E-state index contributed by atoms with van der Waals surface area (Å²) in [6.07, 6.45) is 0. The summed E-state index contributed by atoms with van der Waals surface area (Å²) in [6, 6.07) is 8.28. The quantitative estimate of drug-likeness (QED) is 0.716. The van der Waals surface area contributed by atoms with Gasteiger partial charge in [0.2, 0.25) is 0 Å². The molecule has 1 nitrogen and oxygen atoms in total. The molecule has 1 heterocycles. The molecule has 0 unspecified atom stereocenters. The summed E-state index contributed by atoms with van der Waals surface area (Å²) in [4.78, 5) is 13.1. The van der Waals surface area contributed by atoms with E-state index in [9.17, 15) is 9.18 Å². The van der Waals surface area contributed by atoms with Gasteiger partial charge in [-0.1, -0.05) is 12.1 Å². The van der Waals surface area contributed by atoms with E-state index in [2.05, 4.69) is 0 Å². The monoisotopic (exact) mass is 234 g/mol. The molecule has 0 aliphatic rings. The minimum atomic E-state index is -0.246. The topological polar surface area (TPSA) is 17.1 Å². The molecule has 0 bridgehead atoms. The number of halogens is 1. The summed E-state index contributed by atoms with van der Waals surface area (Å²) >= 11 is 1.45. The van der Waals surface area contributed by atoms with Crippen molar-refractivity contribution in [2.24, 2.45) is 0 Å². The van der Waals surface area contributed by atoms with Gasteiger partial charge in [-0.2, -0.15) is 0 Å². The van der Waals surface area contributed by atoms with E-state index in [1.165, 1.54) is 23.5 Å². The lowest BCUT2D eigenvalue weighted by Gasteiger charge is -1.95. The molecule has 0 radical (unpaired) electrons. The number of hydrogen-bond donors (Lipinski definition) is 0. The van der Waals surface area contributed by atoms with Crippen LogP contribution in [0.5, 0.6) is 0 Å². The predicted octanol–water partition coefficient (Wildman–Crippen LogP) is 4.07. The Labute approximate surface area is 97.6 Å². The number of ketones is 1. The molecular weight excluding hydrogens is 223 g/mol. The molecule has 82 valence electrons. The molecule has 0 saturated carbocycles. The first-order chi connectivity index (χ1) is 7.58. The minimum absolute atomic E-state index is 0.0795. The normalized spacial score (nSPS) is 10.4. The van der Waals surface area contributed by atoms with Gasteiger partial charge < -0.3 is 0 Å². The van der Waals surface area contributed by atoms with Crippen molar-refractivity contribution in [2.75, 3.05) is 0 Å². The number of carbonyl (C=O) groups excluding carboxylic acids is 1. The van der Waals surface area contributed by atoms with Crippen LogP contribution in [0, 0.1) is 12.7 Å². The van der Waals surface area contributed by atoms with Crippen molar-refractivity contribution in [3.8, 4) is 10.4 Å². The third-order valence-electron chi connectivity index (χ3n) is 2.37. The molecule has 2 rings (SSSR count). The maximum atomic E-state index is 12.8. The SMILES string of the molecule is CC(=O)c1sc(-c2ccc(F)cc2)cc1C. The van der Waals surface area contributed by atoms with E-state index in [1.807, 2.05) is 13.0 Å². The first kappa shape index (κ1) is 11.0. The van der Waals surface area contributed by atoms with Gasteiger partial charge in [-0.05, 0) is 43.2 Å². The minimum Gasteiger partial charge on any atom is -0.294 e. The van der Waals surface area contributed by atoms with Crippen molar-refractivity contribution in [3.05, 3.63) is 46.6 Å². The van der Waals surface area contributed by atoms with Crippen LogP contribution in [0.2, 0.25) is 0 Å². The van der Waals surface area contributed by atoms with Gasteiger partial charge in [0.05, 0.1) is 4.88 Å². The van der Waals surface area contributed by atoms with Gasteiger partial charge in [0.1, 0.15) is 5.82 Å². The summed E-state index contributed by atoms with van der Waals surface area (Å²) in [6.45, 7) is 3.48. The van der Waals surface area contributed by atoms with Crippen molar-refractivity contribution >= 4 is 17.1 Å². The lowest BCUT2D eigenvalue weighted by Crippen LogP contribution is -1.87. The van der Waals surface area contributed by atoms with Crippen LogP contribution in [0.15, 0.2) is 30.3 Å². The third kappa shape index (κ3) is 2.04. The van der Waals surface area contributed by atoms with Gasteiger partial charge in [-0.3, -0.25) is 4.79 Å². The van der Waals surface area contributed by atoms with Crippen LogP contribution >= 0.6 is 11.3 Å². The zero-order chi connectivity index (χ0) is 11.7. The highest BCUT2D eigenvalue weighted by Crippen LogP contribution is 2.31. The van der Waals surface area contributed by atoms with Gasteiger partial charge in [-0.15, -0.1) is 11.3 Å². The highest BCUT2D eigenvalue weighted by atomic mass is 32.1. The largest absolute Gasteiger partial charge is 0.294 e. The molecule has 1 aromatic heterocycles. The second-order valence-electron chi connectivity index (χ2n) is 3.69. The van der Waals surface area contributed by atoms with Gasteiger partial charge in [0.25, 0.3) is 0 Å². The summed E-state index contributed by atoms with van der Waals surface area (Å²) in [7, 11) is 0. The Kier molecular flexibility index (Phi) is 2.88. The number of thiophene rings is 1. The summed E-state index contributed by atoms with van der Waals surface area (Å²) in [5.41, 5.74) is 1.93. The molecule has 2 aromatic rings. The van der Waals surface area contributed by atoms with Crippen LogP contribution in [-0.4, -0.2) is 5.78 Å². The molecule has 0 atom stereocenters. The number of rotatable bonds is 2. The summed E-state index contributed by atoms with van der Waals surface area (Å²) in [5.74, 6) is -0.167. The molecule has 0 spiro atoms. The first-order valence-corrected chi connectivity index (χ1v) is 5.77. The lowest BCUT2D eigenvalue weighted by atomic mass is 10.1. The van der Waals surface area contributed by atoms with Gasteiger partial charge in [0.15, 0.2) is 5.78 Å². The van der Waals surface area contributed by atoms with Crippen molar-refractivity contribution < 1.29 is 9.18 Å². The van der Waals surface area contributed by atoms with Crippen molar-refractivity contribution in [1.82, 2.24) is 0 Å². The Balaban J connectivity index is 2.45. The zero-order valence-electron chi connectivity index (χ0n) is 9.08. The highest BCUT2D eigenvalue weighted by Gasteiger charge is 2.10. The molecule has 0 aliphatic carbocycles. The van der Waals surface area contributed by atoms with Crippen molar-refractivity contribution in [2.45, 2.75) is 13.8 Å². The van der Waals surface area contributed by atoms with E-state index < -0.39 is 0 Å². The zero-order valence-corrected chi connectivity index (χ0v) is 9.90. The number of Topliss-reactive ketones (excluding diaryl/α,β-unsaturated/α-hetero) is 1. The predicted molar refractivity (Wildman–Crippen MR) is 64.5 cm³/mol. The van der Waals surface area contributed by atoms with E-state index in [0.29, 0.717) is 0 Å². The second-order valence-corrected chi connectivity index (χ2v) is 4.74.